The first-order valence-corrected chi connectivity index (χ1v) is 6.18. The number of nitrogens with one attached hydrogen (secondary N) is 1. The molecule has 0 radical (unpaired) electrons. The van der Waals surface area contributed by atoms with Gasteiger partial charge in [0, 0.05) is 25.3 Å². The lowest BCUT2D eigenvalue weighted by atomic mass is 10.2. The van der Waals surface area contributed by atoms with Crippen molar-refractivity contribution in [3.05, 3.63) is 29.1 Å². The predicted octanol–water partition coefficient (Wildman–Crippen LogP) is 2.28. The van der Waals surface area contributed by atoms with Gasteiger partial charge in [0.05, 0.1) is 12.2 Å². The highest BCUT2D eigenvalue weighted by Gasteiger charge is 2.30. The van der Waals surface area contributed by atoms with E-state index in [9.17, 15) is 13.2 Å². The number of likely N-dealkylation sites (N-methyl/N-ethyl adjacent to an activating group) is 1. The molecule has 0 aliphatic carbocycles. The van der Waals surface area contributed by atoms with Crippen LogP contribution in [0.2, 0.25) is 0 Å². The van der Waals surface area contributed by atoms with Crippen molar-refractivity contribution >= 4 is 0 Å². The van der Waals surface area contributed by atoms with Crippen LogP contribution in [0.25, 0.3) is 0 Å². The Labute approximate surface area is 111 Å². The lowest BCUT2D eigenvalue weighted by Crippen LogP contribution is -2.38. The number of nitrogens with zero attached hydrogens (tertiary/aromatic N) is 2. The van der Waals surface area contributed by atoms with Crippen LogP contribution in [-0.4, -0.2) is 42.7 Å². The molecule has 19 heavy (non-hydrogen) atoms. The fourth-order valence-electron chi connectivity index (χ4n) is 1.97. The number of aryl methyl sites for hydroxylation is 2. The van der Waals surface area contributed by atoms with Gasteiger partial charge in [0.25, 0.3) is 0 Å². The lowest BCUT2D eigenvalue weighted by Gasteiger charge is -2.23. The van der Waals surface area contributed by atoms with Crippen LogP contribution >= 0.6 is 0 Å². The summed E-state index contributed by atoms with van der Waals surface area (Å²) in [7, 11) is 1.72. The number of hydrogen-bond donors (Lipinski definition) is 1. The Balaban J connectivity index is 2.75. The molecular formula is C13H20F3N3. The van der Waals surface area contributed by atoms with E-state index in [-0.39, 0.29) is 6.54 Å². The van der Waals surface area contributed by atoms with Crippen LogP contribution in [0.3, 0.4) is 0 Å². The highest BCUT2D eigenvalue weighted by molar-refractivity contribution is 5.19. The summed E-state index contributed by atoms with van der Waals surface area (Å²) in [5, 5.41) is 2.86. The number of halogens is 3. The molecule has 108 valence electrons. The standard InChI is InChI=1S/C13H20F3N3/c1-10-6-11(2)18-12(7-10)8-19(5-4-17-3)9-13(14,15)16/h6-7,17H,4-5,8-9H2,1-3H3. The van der Waals surface area contributed by atoms with Gasteiger partial charge < -0.3 is 5.32 Å². The average Bonchev–Trinajstić information content (AvgIpc) is 2.22. The second-order valence-corrected chi connectivity index (χ2v) is 4.71. The van der Waals surface area contributed by atoms with Gasteiger partial charge in [-0.05, 0) is 38.6 Å². The number of rotatable bonds is 6. The molecule has 0 atom stereocenters. The second-order valence-electron chi connectivity index (χ2n) is 4.71. The van der Waals surface area contributed by atoms with E-state index in [0.29, 0.717) is 18.8 Å². The summed E-state index contributed by atoms with van der Waals surface area (Å²) < 4.78 is 37.5. The molecule has 0 amide bonds. The quantitative estimate of drug-likeness (QED) is 0.863. The van der Waals surface area contributed by atoms with Crippen molar-refractivity contribution < 1.29 is 13.2 Å². The molecule has 0 saturated carbocycles. The molecule has 1 N–H and O–H groups in total. The SMILES string of the molecule is CNCCN(Cc1cc(C)cc(C)n1)CC(F)(F)F. The van der Waals surface area contributed by atoms with Crippen LogP contribution < -0.4 is 5.32 Å². The van der Waals surface area contributed by atoms with Crippen molar-refractivity contribution in [3.63, 3.8) is 0 Å². The van der Waals surface area contributed by atoms with Crippen molar-refractivity contribution in [3.8, 4) is 0 Å². The summed E-state index contributed by atoms with van der Waals surface area (Å²) in [5.41, 5.74) is 2.52. The number of pyridine rings is 1. The highest BCUT2D eigenvalue weighted by Crippen LogP contribution is 2.18. The van der Waals surface area contributed by atoms with Crippen LogP contribution in [-0.2, 0) is 6.54 Å². The lowest BCUT2D eigenvalue weighted by molar-refractivity contribution is -0.147. The van der Waals surface area contributed by atoms with E-state index < -0.39 is 12.7 Å². The maximum atomic E-state index is 12.5. The van der Waals surface area contributed by atoms with Crippen LogP contribution in [0.4, 0.5) is 13.2 Å². The van der Waals surface area contributed by atoms with Crippen molar-refractivity contribution in [2.45, 2.75) is 26.6 Å². The molecule has 0 aliphatic heterocycles. The molecule has 0 fully saturated rings. The fraction of sp³-hybridized carbons (Fsp3) is 0.615. The summed E-state index contributed by atoms with van der Waals surface area (Å²) in [5.74, 6) is 0. The molecule has 0 aromatic carbocycles. The van der Waals surface area contributed by atoms with Gasteiger partial charge in [-0.25, -0.2) is 0 Å². The van der Waals surface area contributed by atoms with Gasteiger partial charge in [-0.3, -0.25) is 9.88 Å². The summed E-state index contributed by atoms with van der Waals surface area (Å²) in [6.07, 6.45) is -4.19. The molecule has 0 bridgehead atoms. The molecule has 0 unspecified atom stereocenters. The summed E-state index contributed by atoms with van der Waals surface area (Å²) in [6, 6.07) is 3.74. The Bertz CT molecular complexity index is 384. The monoisotopic (exact) mass is 275 g/mol. The topological polar surface area (TPSA) is 28.2 Å². The van der Waals surface area contributed by atoms with Crippen molar-refractivity contribution in [2.24, 2.45) is 0 Å². The zero-order chi connectivity index (χ0) is 14.5. The Morgan fingerprint density at radius 3 is 2.47 bits per heavy atom. The third-order valence-electron chi connectivity index (χ3n) is 2.62. The van der Waals surface area contributed by atoms with Gasteiger partial charge >= 0.3 is 6.18 Å². The van der Waals surface area contributed by atoms with E-state index in [0.717, 1.165) is 11.3 Å². The van der Waals surface area contributed by atoms with E-state index in [2.05, 4.69) is 10.3 Å². The molecule has 1 heterocycles. The first-order chi connectivity index (χ1) is 8.80. The minimum absolute atomic E-state index is 0.212. The molecule has 1 rings (SSSR count). The zero-order valence-corrected chi connectivity index (χ0v) is 11.5. The van der Waals surface area contributed by atoms with Gasteiger partial charge in [-0.15, -0.1) is 0 Å². The molecule has 0 spiro atoms. The molecule has 3 nitrogen and oxygen atoms in total. The van der Waals surface area contributed by atoms with Crippen LogP contribution in [0.15, 0.2) is 12.1 Å². The zero-order valence-electron chi connectivity index (χ0n) is 11.5. The first kappa shape index (κ1) is 15.9. The summed E-state index contributed by atoms with van der Waals surface area (Å²) >= 11 is 0. The van der Waals surface area contributed by atoms with Gasteiger partial charge in [0.15, 0.2) is 0 Å². The second kappa shape index (κ2) is 6.86. The Morgan fingerprint density at radius 1 is 1.26 bits per heavy atom. The van der Waals surface area contributed by atoms with Crippen LogP contribution in [0.1, 0.15) is 17.0 Å². The van der Waals surface area contributed by atoms with Crippen molar-refractivity contribution in [1.29, 1.82) is 0 Å². The van der Waals surface area contributed by atoms with E-state index in [4.69, 9.17) is 0 Å². The third kappa shape index (κ3) is 6.54. The minimum Gasteiger partial charge on any atom is -0.318 e. The summed E-state index contributed by atoms with van der Waals surface area (Å²) in [4.78, 5) is 5.64. The largest absolute Gasteiger partial charge is 0.401 e. The fourth-order valence-corrected chi connectivity index (χ4v) is 1.97. The maximum Gasteiger partial charge on any atom is 0.401 e. The van der Waals surface area contributed by atoms with E-state index in [1.54, 1.807) is 7.05 Å². The Kier molecular flexibility index (Phi) is 5.75. The molecule has 0 aliphatic rings. The van der Waals surface area contributed by atoms with Gasteiger partial charge in [0.1, 0.15) is 0 Å². The van der Waals surface area contributed by atoms with Crippen molar-refractivity contribution in [1.82, 2.24) is 15.2 Å². The minimum atomic E-state index is -4.19. The van der Waals surface area contributed by atoms with Gasteiger partial charge in [0.2, 0.25) is 0 Å². The van der Waals surface area contributed by atoms with Crippen LogP contribution in [0, 0.1) is 13.8 Å². The van der Waals surface area contributed by atoms with E-state index in [1.165, 1.54) is 4.90 Å². The normalized spacial score (nSPS) is 12.2. The number of aromatic nitrogens is 1. The molecular weight excluding hydrogens is 255 g/mol. The van der Waals surface area contributed by atoms with Gasteiger partial charge in [-0.2, -0.15) is 13.2 Å². The smallest absolute Gasteiger partial charge is 0.318 e. The van der Waals surface area contributed by atoms with Gasteiger partial charge in [-0.1, -0.05) is 0 Å². The molecule has 1 aromatic rings. The average molecular weight is 275 g/mol. The number of alkyl halides is 3. The number of hydrogen-bond acceptors (Lipinski definition) is 3. The molecule has 6 heteroatoms. The van der Waals surface area contributed by atoms with Crippen molar-refractivity contribution in [2.75, 3.05) is 26.7 Å². The maximum absolute atomic E-state index is 12.5. The summed E-state index contributed by atoms with van der Waals surface area (Å²) in [6.45, 7) is 3.91. The molecule has 1 aromatic heterocycles. The highest BCUT2D eigenvalue weighted by atomic mass is 19.4. The Morgan fingerprint density at radius 2 is 1.95 bits per heavy atom. The third-order valence-corrected chi connectivity index (χ3v) is 2.62. The van der Waals surface area contributed by atoms with E-state index >= 15 is 0 Å². The molecule has 0 saturated heterocycles. The van der Waals surface area contributed by atoms with E-state index in [1.807, 2.05) is 26.0 Å². The first-order valence-electron chi connectivity index (χ1n) is 6.18. The Hall–Kier alpha value is -1.14. The predicted molar refractivity (Wildman–Crippen MR) is 69.0 cm³/mol. The van der Waals surface area contributed by atoms with Crippen LogP contribution in [0.5, 0.6) is 0 Å².